The fraction of sp³-hybridized carbons (Fsp3) is 0.400. The summed E-state index contributed by atoms with van der Waals surface area (Å²) in [5, 5.41) is 5.79. The fourth-order valence-electron chi connectivity index (χ4n) is 2.27. The first-order valence-electron chi connectivity index (χ1n) is 6.91. The van der Waals surface area contributed by atoms with Crippen molar-refractivity contribution >= 4 is 29.4 Å². The SMILES string of the molecule is COC(=O)[C@@H](Cc1ccc(Cl)cc1)NC(=O)[C@H]1CCC(=O)N1. The molecule has 0 saturated carbocycles. The minimum absolute atomic E-state index is 0.160. The zero-order valence-electron chi connectivity index (χ0n) is 12.1. The maximum atomic E-state index is 12.1. The minimum Gasteiger partial charge on any atom is -0.467 e. The first-order chi connectivity index (χ1) is 10.5. The van der Waals surface area contributed by atoms with Gasteiger partial charge in [0, 0.05) is 17.9 Å². The lowest BCUT2D eigenvalue weighted by Crippen LogP contribution is -2.49. The molecule has 2 atom stereocenters. The predicted molar refractivity (Wildman–Crippen MR) is 80.3 cm³/mol. The Balaban J connectivity index is 2.02. The van der Waals surface area contributed by atoms with Gasteiger partial charge in [-0.25, -0.2) is 4.79 Å². The molecule has 1 aliphatic rings. The molecule has 7 heteroatoms. The van der Waals surface area contributed by atoms with Crippen molar-refractivity contribution in [2.24, 2.45) is 0 Å². The zero-order chi connectivity index (χ0) is 16.1. The van der Waals surface area contributed by atoms with E-state index in [0.29, 0.717) is 17.9 Å². The standard InChI is InChI=1S/C15H17ClN2O4/c1-22-15(21)12(8-9-2-4-10(16)5-3-9)18-14(20)11-6-7-13(19)17-11/h2-5,11-12H,6-8H2,1H3,(H,17,19)(H,18,20)/t11-,12-/m1/s1. The number of carbonyl (C=O) groups excluding carboxylic acids is 3. The maximum absolute atomic E-state index is 12.1. The number of methoxy groups -OCH3 is 1. The Bertz CT molecular complexity index is 573. The average Bonchev–Trinajstić information content (AvgIpc) is 2.94. The molecule has 2 rings (SSSR count). The van der Waals surface area contributed by atoms with E-state index in [2.05, 4.69) is 10.6 Å². The highest BCUT2D eigenvalue weighted by Crippen LogP contribution is 2.12. The first kappa shape index (κ1) is 16.3. The predicted octanol–water partition coefficient (Wildman–Crippen LogP) is 0.819. The van der Waals surface area contributed by atoms with Crippen molar-refractivity contribution in [1.82, 2.24) is 10.6 Å². The highest BCUT2D eigenvalue weighted by atomic mass is 35.5. The van der Waals surface area contributed by atoms with Gasteiger partial charge in [-0.1, -0.05) is 23.7 Å². The van der Waals surface area contributed by atoms with Crippen molar-refractivity contribution in [2.45, 2.75) is 31.3 Å². The normalized spacial score (nSPS) is 18.5. The van der Waals surface area contributed by atoms with Crippen molar-refractivity contribution in [3.63, 3.8) is 0 Å². The first-order valence-corrected chi connectivity index (χ1v) is 7.29. The Hall–Kier alpha value is -2.08. The van der Waals surface area contributed by atoms with Gasteiger partial charge in [0.15, 0.2) is 0 Å². The maximum Gasteiger partial charge on any atom is 0.328 e. The van der Waals surface area contributed by atoms with Crippen LogP contribution in [0.1, 0.15) is 18.4 Å². The molecule has 1 heterocycles. The Morgan fingerprint density at radius 2 is 2.09 bits per heavy atom. The summed E-state index contributed by atoms with van der Waals surface area (Å²) in [5.74, 6) is -1.07. The van der Waals surface area contributed by atoms with Gasteiger partial charge in [-0.05, 0) is 24.1 Å². The van der Waals surface area contributed by atoms with Crippen molar-refractivity contribution in [3.05, 3.63) is 34.9 Å². The molecule has 6 nitrogen and oxygen atoms in total. The second-order valence-electron chi connectivity index (χ2n) is 5.07. The summed E-state index contributed by atoms with van der Waals surface area (Å²) in [4.78, 5) is 35.1. The lowest BCUT2D eigenvalue weighted by atomic mass is 10.1. The number of benzene rings is 1. The van der Waals surface area contributed by atoms with E-state index in [9.17, 15) is 14.4 Å². The minimum atomic E-state index is -0.809. The number of ether oxygens (including phenoxy) is 1. The van der Waals surface area contributed by atoms with E-state index in [1.807, 2.05) is 0 Å². The van der Waals surface area contributed by atoms with Crippen LogP contribution in [-0.4, -0.2) is 37.0 Å². The van der Waals surface area contributed by atoms with Crippen LogP contribution in [0.25, 0.3) is 0 Å². The van der Waals surface area contributed by atoms with Gasteiger partial charge in [0.1, 0.15) is 12.1 Å². The summed E-state index contributed by atoms with van der Waals surface area (Å²) < 4.78 is 4.73. The van der Waals surface area contributed by atoms with Crippen LogP contribution in [0.15, 0.2) is 24.3 Å². The highest BCUT2D eigenvalue weighted by molar-refractivity contribution is 6.30. The van der Waals surface area contributed by atoms with Crippen LogP contribution in [0.5, 0.6) is 0 Å². The molecule has 0 radical (unpaired) electrons. The second-order valence-corrected chi connectivity index (χ2v) is 5.51. The number of amides is 2. The molecule has 1 aliphatic heterocycles. The molecule has 0 bridgehead atoms. The molecule has 1 saturated heterocycles. The fourth-order valence-corrected chi connectivity index (χ4v) is 2.40. The Morgan fingerprint density at radius 3 is 2.64 bits per heavy atom. The quantitative estimate of drug-likeness (QED) is 0.785. The summed E-state index contributed by atoms with van der Waals surface area (Å²) in [7, 11) is 1.26. The number of nitrogens with one attached hydrogen (secondary N) is 2. The zero-order valence-corrected chi connectivity index (χ0v) is 12.9. The summed E-state index contributed by atoms with van der Waals surface area (Å²) in [6.45, 7) is 0. The van der Waals surface area contributed by atoms with Gasteiger partial charge >= 0.3 is 5.97 Å². The largest absolute Gasteiger partial charge is 0.467 e. The third kappa shape index (κ3) is 4.21. The molecule has 1 aromatic carbocycles. The molecular formula is C15H17ClN2O4. The van der Waals surface area contributed by atoms with E-state index < -0.39 is 18.1 Å². The molecule has 0 aromatic heterocycles. The third-order valence-electron chi connectivity index (χ3n) is 3.47. The Labute approximate surface area is 133 Å². The lowest BCUT2D eigenvalue weighted by molar-refractivity contribution is -0.145. The summed E-state index contributed by atoms with van der Waals surface area (Å²) in [6.07, 6.45) is 1.04. The molecule has 0 spiro atoms. The number of carbonyl (C=O) groups is 3. The van der Waals surface area contributed by atoms with Crippen LogP contribution in [0.3, 0.4) is 0 Å². The van der Waals surface area contributed by atoms with E-state index in [4.69, 9.17) is 16.3 Å². The third-order valence-corrected chi connectivity index (χ3v) is 3.72. The van der Waals surface area contributed by atoms with Crippen molar-refractivity contribution in [2.75, 3.05) is 7.11 Å². The van der Waals surface area contributed by atoms with Gasteiger partial charge in [0.25, 0.3) is 0 Å². The molecule has 1 aromatic rings. The van der Waals surface area contributed by atoms with Crippen LogP contribution in [0, 0.1) is 0 Å². The van der Waals surface area contributed by atoms with Gasteiger partial charge in [-0.2, -0.15) is 0 Å². The average molecular weight is 325 g/mol. The van der Waals surface area contributed by atoms with Crippen LogP contribution in [-0.2, 0) is 25.5 Å². The number of halogens is 1. The smallest absolute Gasteiger partial charge is 0.328 e. The molecule has 1 fully saturated rings. The van der Waals surface area contributed by atoms with Gasteiger partial charge < -0.3 is 15.4 Å². The van der Waals surface area contributed by atoms with Gasteiger partial charge in [-0.15, -0.1) is 0 Å². The van der Waals surface area contributed by atoms with Crippen molar-refractivity contribution in [1.29, 1.82) is 0 Å². The van der Waals surface area contributed by atoms with E-state index in [1.165, 1.54) is 7.11 Å². The second kappa shape index (κ2) is 7.26. The Morgan fingerprint density at radius 1 is 1.41 bits per heavy atom. The monoisotopic (exact) mass is 324 g/mol. The molecule has 0 aliphatic carbocycles. The molecule has 2 N–H and O–H groups in total. The summed E-state index contributed by atoms with van der Waals surface area (Å²) in [6, 6.07) is 5.58. The van der Waals surface area contributed by atoms with Crippen LogP contribution in [0.4, 0.5) is 0 Å². The Kier molecular flexibility index (Phi) is 5.38. The van der Waals surface area contributed by atoms with Crippen LogP contribution < -0.4 is 10.6 Å². The summed E-state index contributed by atoms with van der Waals surface area (Å²) in [5.41, 5.74) is 0.843. The van der Waals surface area contributed by atoms with Crippen LogP contribution in [0.2, 0.25) is 5.02 Å². The topological polar surface area (TPSA) is 84.5 Å². The summed E-state index contributed by atoms with van der Waals surface area (Å²) >= 11 is 5.82. The van der Waals surface area contributed by atoms with Crippen LogP contribution >= 0.6 is 11.6 Å². The lowest BCUT2D eigenvalue weighted by Gasteiger charge is -2.19. The number of esters is 1. The van der Waals surface area contributed by atoms with Crippen molar-refractivity contribution < 1.29 is 19.1 Å². The number of hydrogen-bond acceptors (Lipinski definition) is 4. The van der Waals surface area contributed by atoms with E-state index in [-0.39, 0.29) is 18.2 Å². The van der Waals surface area contributed by atoms with E-state index in [0.717, 1.165) is 5.56 Å². The highest BCUT2D eigenvalue weighted by Gasteiger charge is 2.30. The molecule has 2 amide bonds. The van der Waals surface area contributed by atoms with E-state index in [1.54, 1.807) is 24.3 Å². The van der Waals surface area contributed by atoms with Gasteiger partial charge in [0.2, 0.25) is 11.8 Å². The number of hydrogen-bond donors (Lipinski definition) is 2. The number of rotatable bonds is 5. The molecule has 118 valence electrons. The molecular weight excluding hydrogens is 308 g/mol. The van der Waals surface area contributed by atoms with E-state index >= 15 is 0 Å². The molecule has 0 unspecified atom stereocenters. The van der Waals surface area contributed by atoms with Gasteiger partial charge in [0.05, 0.1) is 7.11 Å². The van der Waals surface area contributed by atoms with Gasteiger partial charge in [-0.3, -0.25) is 9.59 Å². The molecule has 22 heavy (non-hydrogen) atoms. The van der Waals surface area contributed by atoms with Crippen molar-refractivity contribution in [3.8, 4) is 0 Å².